The number of anilines is 1. The van der Waals surface area contributed by atoms with Crippen molar-refractivity contribution in [3.8, 4) is 5.75 Å². The number of amides is 2. The topological polar surface area (TPSA) is 106 Å². The standard InChI is InChI=1S/C25H19ClFN5O3S/c26-19-8-11-21(35-15-16-6-9-20(27)10-7-16)18(12-19)14-28-30-22(33)13-23-31-32-25(36-23)29-24(34)17-4-2-1-3-5-17/h1-12,14H,13,15H2,(H,30,33)(H,29,32,34). The minimum Gasteiger partial charge on any atom is -0.488 e. The van der Waals surface area contributed by atoms with Gasteiger partial charge in [-0.25, -0.2) is 9.82 Å². The third-order valence-electron chi connectivity index (χ3n) is 4.71. The number of carbonyl (C=O) groups is 2. The normalized spacial score (nSPS) is 10.8. The lowest BCUT2D eigenvalue weighted by Crippen LogP contribution is -2.19. The summed E-state index contributed by atoms with van der Waals surface area (Å²) in [7, 11) is 0. The molecule has 4 aromatic rings. The Morgan fingerprint density at radius 3 is 2.61 bits per heavy atom. The van der Waals surface area contributed by atoms with Crippen molar-refractivity contribution in [3.63, 3.8) is 0 Å². The van der Waals surface area contributed by atoms with Gasteiger partial charge in [0.05, 0.1) is 12.6 Å². The Morgan fingerprint density at radius 2 is 1.83 bits per heavy atom. The van der Waals surface area contributed by atoms with E-state index in [2.05, 4.69) is 26.0 Å². The van der Waals surface area contributed by atoms with Crippen molar-refractivity contribution in [1.82, 2.24) is 15.6 Å². The fourth-order valence-electron chi connectivity index (χ4n) is 2.98. The minimum absolute atomic E-state index is 0.0698. The first-order valence-electron chi connectivity index (χ1n) is 10.6. The second-order valence-electron chi connectivity index (χ2n) is 7.39. The summed E-state index contributed by atoms with van der Waals surface area (Å²) in [6.07, 6.45) is 1.34. The van der Waals surface area contributed by atoms with Crippen molar-refractivity contribution in [2.24, 2.45) is 5.10 Å². The molecule has 0 aliphatic carbocycles. The molecule has 0 radical (unpaired) electrons. The molecular weight excluding hydrogens is 505 g/mol. The van der Waals surface area contributed by atoms with E-state index in [0.29, 0.717) is 26.9 Å². The number of hydrazone groups is 1. The van der Waals surface area contributed by atoms with Gasteiger partial charge in [-0.1, -0.05) is 53.3 Å². The Bertz CT molecular complexity index is 1380. The van der Waals surface area contributed by atoms with Crippen LogP contribution in [0.4, 0.5) is 9.52 Å². The Morgan fingerprint density at radius 1 is 1.06 bits per heavy atom. The second kappa shape index (κ2) is 12.0. The number of rotatable bonds is 9. The van der Waals surface area contributed by atoms with Gasteiger partial charge in [-0.3, -0.25) is 14.9 Å². The zero-order valence-corrected chi connectivity index (χ0v) is 20.2. The summed E-state index contributed by atoms with van der Waals surface area (Å²) in [5.74, 6) is -0.564. The number of ether oxygens (including phenoxy) is 1. The highest BCUT2D eigenvalue weighted by Crippen LogP contribution is 2.23. The molecule has 4 rings (SSSR count). The molecule has 0 spiro atoms. The van der Waals surface area contributed by atoms with Gasteiger partial charge in [0.1, 0.15) is 23.2 Å². The monoisotopic (exact) mass is 523 g/mol. The van der Waals surface area contributed by atoms with Crippen LogP contribution in [0.25, 0.3) is 0 Å². The first kappa shape index (κ1) is 25.0. The highest BCUT2D eigenvalue weighted by Gasteiger charge is 2.12. The van der Waals surface area contributed by atoms with Crippen LogP contribution < -0.4 is 15.5 Å². The molecule has 1 aromatic heterocycles. The molecule has 0 bridgehead atoms. The fourth-order valence-corrected chi connectivity index (χ4v) is 3.89. The lowest BCUT2D eigenvalue weighted by Gasteiger charge is -2.09. The summed E-state index contributed by atoms with van der Waals surface area (Å²) in [6.45, 7) is 0.218. The van der Waals surface area contributed by atoms with E-state index < -0.39 is 5.91 Å². The van der Waals surface area contributed by atoms with E-state index in [1.165, 1.54) is 18.3 Å². The van der Waals surface area contributed by atoms with E-state index in [1.54, 1.807) is 54.6 Å². The van der Waals surface area contributed by atoms with Crippen molar-refractivity contribution in [2.45, 2.75) is 13.0 Å². The number of nitrogens with zero attached hydrogens (tertiary/aromatic N) is 3. The molecule has 0 aliphatic heterocycles. The van der Waals surface area contributed by atoms with E-state index in [0.717, 1.165) is 16.9 Å². The number of hydrogen-bond acceptors (Lipinski definition) is 7. The van der Waals surface area contributed by atoms with E-state index in [1.807, 2.05) is 6.07 Å². The van der Waals surface area contributed by atoms with Crippen molar-refractivity contribution in [3.05, 3.63) is 105 Å². The van der Waals surface area contributed by atoms with Gasteiger partial charge >= 0.3 is 0 Å². The van der Waals surface area contributed by atoms with Gasteiger partial charge in [-0.2, -0.15) is 5.10 Å². The number of benzene rings is 3. The predicted octanol–water partition coefficient (Wildman–Crippen LogP) is 4.85. The van der Waals surface area contributed by atoms with Crippen LogP contribution in [0.1, 0.15) is 26.5 Å². The highest BCUT2D eigenvalue weighted by molar-refractivity contribution is 7.15. The summed E-state index contributed by atoms with van der Waals surface area (Å²) in [6, 6.07) is 19.7. The number of aromatic nitrogens is 2. The van der Waals surface area contributed by atoms with Crippen LogP contribution >= 0.6 is 22.9 Å². The largest absolute Gasteiger partial charge is 0.488 e. The number of carbonyl (C=O) groups excluding carboxylic acids is 2. The van der Waals surface area contributed by atoms with Crippen LogP contribution in [0.5, 0.6) is 5.75 Å². The molecular formula is C25H19ClFN5O3S. The molecule has 0 fully saturated rings. The first-order chi connectivity index (χ1) is 17.5. The minimum atomic E-state index is -0.417. The van der Waals surface area contributed by atoms with Crippen LogP contribution in [0.15, 0.2) is 77.9 Å². The van der Waals surface area contributed by atoms with Crippen LogP contribution in [-0.2, 0) is 17.8 Å². The Kier molecular flexibility index (Phi) is 8.32. The smallest absolute Gasteiger partial charge is 0.257 e. The average molecular weight is 524 g/mol. The maximum Gasteiger partial charge on any atom is 0.257 e. The maximum atomic E-state index is 13.1. The van der Waals surface area contributed by atoms with Gasteiger partial charge in [-0.05, 0) is 48.0 Å². The van der Waals surface area contributed by atoms with Crippen LogP contribution in [0.3, 0.4) is 0 Å². The zero-order valence-electron chi connectivity index (χ0n) is 18.7. The van der Waals surface area contributed by atoms with E-state index in [-0.39, 0.29) is 29.9 Å². The molecule has 36 heavy (non-hydrogen) atoms. The van der Waals surface area contributed by atoms with Crippen molar-refractivity contribution in [2.75, 3.05) is 5.32 Å². The lowest BCUT2D eigenvalue weighted by atomic mass is 10.2. The fraction of sp³-hybridized carbons (Fsp3) is 0.0800. The number of hydrogen-bond donors (Lipinski definition) is 2. The summed E-state index contributed by atoms with van der Waals surface area (Å²) >= 11 is 7.18. The van der Waals surface area contributed by atoms with Gasteiger partial charge in [0.25, 0.3) is 5.91 Å². The average Bonchev–Trinajstić information content (AvgIpc) is 3.31. The molecule has 182 valence electrons. The maximum absolute atomic E-state index is 13.1. The summed E-state index contributed by atoms with van der Waals surface area (Å²) in [5.41, 5.74) is 4.25. The SMILES string of the molecule is O=C(Cc1nnc(NC(=O)c2ccccc2)s1)NN=Cc1cc(Cl)ccc1OCc1ccc(F)cc1. The Hall–Kier alpha value is -4.15. The molecule has 0 saturated heterocycles. The van der Waals surface area contributed by atoms with E-state index in [4.69, 9.17) is 16.3 Å². The van der Waals surface area contributed by atoms with Gasteiger partial charge in [0, 0.05) is 16.1 Å². The summed E-state index contributed by atoms with van der Waals surface area (Å²) in [5, 5.41) is 15.6. The molecule has 2 N–H and O–H groups in total. The van der Waals surface area contributed by atoms with Crippen molar-refractivity contribution < 1.29 is 18.7 Å². The van der Waals surface area contributed by atoms with Crippen LogP contribution in [0, 0.1) is 5.82 Å². The molecule has 0 aliphatic rings. The van der Waals surface area contributed by atoms with Crippen LogP contribution in [-0.4, -0.2) is 28.2 Å². The number of nitrogens with one attached hydrogen (secondary N) is 2. The van der Waals surface area contributed by atoms with Gasteiger partial charge in [0.15, 0.2) is 0 Å². The Balaban J connectivity index is 1.31. The number of halogens is 2. The predicted molar refractivity (Wildman–Crippen MR) is 136 cm³/mol. The first-order valence-corrected chi connectivity index (χ1v) is 11.8. The molecule has 0 unspecified atom stereocenters. The van der Waals surface area contributed by atoms with E-state index in [9.17, 15) is 14.0 Å². The van der Waals surface area contributed by atoms with E-state index >= 15 is 0 Å². The molecule has 11 heteroatoms. The quantitative estimate of drug-likeness (QED) is 0.241. The molecule has 0 saturated carbocycles. The van der Waals surface area contributed by atoms with Gasteiger partial charge in [-0.15, -0.1) is 10.2 Å². The Labute approximate surface area is 214 Å². The third kappa shape index (κ3) is 7.17. The highest BCUT2D eigenvalue weighted by atomic mass is 35.5. The molecule has 0 atom stereocenters. The molecule has 3 aromatic carbocycles. The van der Waals surface area contributed by atoms with Crippen LogP contribution in [0.2, 0.25) is 5.02 Å². The molecule has 2 amide bonds. The van der Waals surface area contributed by atoms with Crippen molar-refractivity contribution >= 4 is 46.1 Å². The third-order valence-corrected chi connectivity index (χ3v) is 5.78. The van der Waals surface area contributed by atoms with Crippen molar-refractivity contribution in [1.29, 1.82) is 0 Å². The van der Waals surface area contributed by atoms with Gasteiger partial charge in [0.2, 0.25) is 11.0 Å². The molecule has 1 heterocycles. The lowest BCUT2D eigenvalue weighted by molar-refractivity contribution is -0.120. The summed E-state index contributed by atoms with van der Waals surface area (Å²) in [4.78, 5) is 24.5. The summed E-state index contributed by atoms with van der Waals surface area (Å²) < 4.78 is 18.9. The van der Waals surface area contributed by atoms with Gasteiger partial charge < -0.3 is 4.74 Å². The zero-order chi connectivity index (χ0) is 25.3. The molecule has 8 nitrogen and oxygen atoms in total. The second-order valence-corrected chi connectivity index (χ2v) is 8.89.